The van der Waals surface area contributed by atoms with Crippen LogP contribution < -0.4 is 15.4 Å². The Morgan fingerprint density at radius 2 is 1.84 bits per heavy atom. The molecule has 2 aliphatic heterocycles. The van der Waals surface area contributed by atoms with E-state index in [1.807, 2.05) is 24.3 Å². The Hall–Kier alpha value is -2.57. The van der Waals surface area contributed by atoms with E-state index in [1.165, 1.54) is 0 Å². The van der Waals surface area contributed by atoms with E-state index < -0.39 is 0 Å². The maximum atomic E-state index is 12.7. The van der Waals surface area contributed by atoms with Gasteiger partial charge in [0, 0.05) is 23.7 Å². The summed E-state index contributed by atoms with van der Waals surface area (Å²) in [5.41, 5.74) is 1.24. The standard InChI is InChI=1S/C24H28ClN3O3/c1-31-20-9-4-6-16(12-20)24(30)26-17-13-18-7-5-8-19(14-17)28(18)15-23(29)27-22-11-3-2-10-21(22)25/h2-4,6,9-12,17-19H,5,7-8,13-15H2,1H3,(H,26,30)(H,27,29). The van der Waals surface area contributed by atoms with Crippen molar-refractivity contribution >= 4 is 29.1 Å². The molecule has 164 valence electrons. The Bertz CT molecular complexity index is 937. The van der Waals surface area contributed by atoms with Gasteiger partial charge in [-0.2, -0.15) is 0 Å². The highest BCUT2D eigenvalue weighted by atomic mass is 35.5. The van der Waals surface area contributed by atoms with Crippen molar-refractivity contribution in [1.29, 1.82) is 0 Å². The molecule has 2 aromatic rings. The molecular weight excluding hydrogens is 414 g/mol. The summed E-state index contributed by atoms with van der Waals surface area (Å²) in [5.74, 6) is 0.541. The fourth-order valence-electron chi connectivity index (χ4n) is 4.81. The molecule has 2 aromatic carbocycles. The predicted octanol–water partition coefficient (Wildman–Crippen LogP) is 4.10. The molecular formula is C24H28ClN3O3. The van der Waals surface area contributed by atoms with Crippen LogP contribution in [0, 0.1) is 0 Å². The fourth-order valence-corrected chi connectivity index (χ4v) is 4.99. The molecule has 6 nitrogen and oxygen atoms in total. The van der Waals surface area contributed by atoms with Crippen LogP contribution >= 0.6 is 11.6 Å². The number of nitrogens with one attached hydrogen (secondary N) is 2. The average molecular weight is 442 g/mol. The third-order valence-corrected chi connectivity index (χ3v) is 6.60. The van der Waals surface area contributed by atoms with Crippen molar-refractivity contribution in [3.63, 3.8) is 0 Å². The van der Waals surface area contributed by atoms with Crippen LogP contribution in [0.25, 0.3) is 0 Å². The smallest absolute Gasteiger partial charge is 0.251 e. The molecule has 2 amide bonds. The van der Waals surface area contributed by atoms with Crippen molar-refractivity contribution < 1.29 is 14.3 Å². The second-order valence-corrected chi connectivity index (χ2v) is 8.72. The molecule has 2 heterocycles. The van der Waals surface area contributed by atoms with Crippen LogP contribution in [-0.2, 0) is 4.79 Å². The summed E-state index contributed by atoms with van der Waals surface area (Å²) in [4.78, 5) is 27.7. The van der Waals surface area contributed by atoms with Crippen molar-refractivity contribution in [3.8, 4) is 5.75 Å². The van der Waals surface area contributed by atoms with Crippen molar-refractivity contribution in [2.24, 2.45) is 0 Å². The zero-order valence-corrected chi connectivity index (χ0v) is 18.4. The molecule has 0 saturated carbocycles. The van der Waals surface area contributed by atoms with E-state index >= 15 is 0 Å². The Morgan fingerprint density at radius 1 is 1.10 bits per heavy atom. The van der Waals surface area contributed by atoms with Gasteiger partial charge in [0.1, 0.15) is 5.75 Å². The second kappa shape index (κ2) is 9.71. The van der Waals surface area contributed by atoms with Crippen molar-refractivity contribution in [3.05, 3.63) is 59.1 Å². The highest BCUT2D eigenvalue weighted by molar-refractivity contribution is 6.33. The molecule has 31 heavy (non-hydrogen) atoms. The number of fused-ring (bicyclic) bond motifs is 2. The van der Waals surface area contributed by atoms with Crippen LogP contribution in [-0.4, -0.2) is 48.5 Å². The van der Waals surface area contributed by atoms with Gasteiger partial charge in [-0.3, -0.25) is 14.5 Å². The summed E-state index contributed by atoms with van der Waals surface area (Å²) in [5, 5.41) is 6.66. The van der Waals surface area contributed by atoms with Gasteiger partial charge in [-0.05, 0) is 56.0 Å². The van der Waals surface area contributed by atoms with Crippen LogP contribution in [0.15, 0.2) is 48.5 Å². The van der Waals surface area contributed by atoms with Gasteiger partial charge >= 0.3 is 0 Å². The largest absolute Gasteiger partial charge is 0.497 e. The van der Waals surface area contributed by atoms with Crippen LogP contribution in [0.1, 0.15) is 42.5 Å². The zero-order valence-electron chi connectivity index (χ0n) is 17.6. The maximum Gasteiger partial charge on any atom is 0.251 e. The lowest BCUT2D eigenvalue weighted by Crippen LogP contribution is -2.58. The van der Waals surface area contributed by atoms with E-state index in [1.54, 1.807) is 31.4 Å². The fraction of sp³-hybridized carbons (Fsp3) is 0.417. The number of carbonyl (C=O) groups is 2. The molecule has 2 unspecified atom stereocenters. The predicted molar refractivity (Wildman–Crippen MR) is 122 cm³/mol. The van der Waals surface area contributed by atoms with Gasteiger partial charge in [-0.1, -0.05) is 36.2 Å². The van der Waals surface area contributed by atoms with Gasteiger partial charge in [-0.25, -0.2) is 0 Å². The summed E-state index contributed by atoms with van der Waals surface area (Å²) in [7, 11) is 1.59. The van der Waals surface area contributed by atoms with E-state index in [0.717, 1.165) is 32.1 Å². The molecule has 2 N–H and O–H groups in total. The number of hydrogen-bond acceptors (Lipinski definition) is 4. The Labute approximate surface area is 187 Å². The number of carbonyl (C=O) groups excluding carboxylic acids is 2. The first kappa shape index (κ1) is 21.7. The van der Waals surface area contributed by atoms with Crippen molar-refractivity contribution in [1.82, 2.24) is 10.2 Å². The number of rotatable bonds is 6. The van der Waals surface area contributed by atoms with Gasteiger partial charge in [0.2, 0.25) is 5.91 Å². The van der Waals surface area contributed by atoms with E-state index in [4.69, 9.17) is 16.3 Å². The first-order valence-electron chi connectivity index (χ1n) is 10.8. The molecule has 0 spiro atoms. The number of hydrogen-bond donors (Lipinski definition) is 2. The Morgan fingerprint density at radius 3 is 2.55 bits per heavy atom. The zero-order chi connectivity index (χ0) is 21.8. The van der Waals surface area contributed by atoms with Crippen LogP contribution in [0.5, 0.6) is 5.75 Å². The van der Waals surface area contributed by atoms with E-state index in [2.05, 4.69) is 15.5 Å². The summed E-state index contributed by atoms with van der Waals surface area (Å²) in [6.07, 6.45) is 4.95. The Kier molecular flexibility index (Phi) is 6.78. The van der Waals surface area contributed by atoms with E-state index in [0.29, 0.717) is 40.7 Å². The van der Waals surface area contributed by atoms with Crippen LogP contribution in [0.2, 0.25) is 5.02 Å². The number of amides is 2. The average Bonchev–Trinajstić information content (AvgIpc) is 2.76. The highest BCUT2D eigenvalue weighted by Gasteiger charge is 2.39. The molecule has 2 bridgehead atoms. The second-order valence-electron chi connectivity index (χ2n) is 8.31. The molecule has 2 saturated heterocycles. The lowest BCUT2D eigenvalue weighted by atomic mass is 9.81. The molecule has 0 radical (unpaired) electrons. The van der Waals surface area contributed by atoms with E-state index in [-0.39, 0.29) is 17.9 Å². The molecule has 2 fully saturated rings. The lowest BCUT2D eigenvalue weighted by Gasteiger charge is -2.48. The van der Waals surface area contributed by atoms with Crippen molar-refractivity contribution in [2.45, 2.75) is 50.2 Å². The first-order chi connectivity index (χ1) is 15.0. The SMILES string of the molecule is COc1cccc(C(=O)NC2CC3CCCC(C2)N3CC(=O)Nc2ccccc2Cl)c1. The van der Waals surface area contributed by atoms with Gasteiger partial charge in [0.15, 0.2) is 0 Å². The molecule has 2 aliphatic rings. The lowest BCUT2D eigenvalue weighted by molar-refractivity contribution is -0.120. The van der Waals surface area contributed by atoms with Crippen molar-refractivity contribution in [2.75, 3.05) is 19.0 Å². The van der Waals surface area contributed by atoms with Crippen LogP contribution in [0.4, 0.5) is 5.69 Å². The van der Waals surface area contributed by atoms with Gasteiger partial charge in [0.05, 0.1) is 24.4 Å². The molecule has 7 heteroatoms. The number of anilines is 1. The number of ether oxygens (including phenoxy) is 1. The summed E-state index contributed by atoms with van der Waals surface area (Å²) >= 11 is 6.17. The normalized spacial score (nSPS) is 23.1. The summed E-state index contributed by atoms with van der Waals surface area (Å²) < 4.78 is 5.22. The highest BCUT2D eigenvalue weighted by Crippen LogP contribution is 2.34. The van der Waals surface area contributed by atoms with Gasteiger partial charge in [-0.15, -0.1) is 0 Å². The maximum absolute atomic E-state index is 12.7. The number of benzene rings is 2. The van der Waals surface area contributed by atoms with Gasteiger partial charge < -0.3 is 15.4 Å². The minimum Gasteiger partial charge on any atom is -0.497 e. The third-order valence-electron chi connectivity index (χ3n) is 6.27. The number of piperidine rings is 2. The first-order valence-corrected chi connectivity index (χ1v) is 11.2. The number of methoxy groups -OCH3 is 1. The minimum atomic E-state index is -0.0770. The number of nitrogens with zero attached hydrogens (tertiary/aromatic N) is 1. The summed E-state index contributed by atoms with van der Waals surface area (Å²) in [6, 6.07) is 15.2. The monoisotopic (exact) mass is 441 g/mol. The van der Waals surface area contributed by atoms with E-state index in [9.17, 15) is 9.59 Å². The van der Waals surface area contributed by atoms with Crippen LogP contribution in [0.3, 0.4) is 0 Å². The number of halogens is 1. The molecule has 0 aliphatic carbocycles. The van der Waals surface area contributed by atoms with Gasteiger partial charge in [0.25, 0.3) is 5.91 Å². The third kappa shape index (κ3) is 5.20. The molecule has 2 atom stereocenters. The molecule has 0 aromatic heterocycles. The topological polar surface area (TPSA) is 70.7 Å². The number of para-hydroxylation sites is 1. The quantitative estimate of drug-likeness (QED) is 0.708. The Balaban J connectivity index is 1.37. The summed E-state index contributed by atoms with van der Waals surface area (Å²) in [6.45, 7) is 0.344. The minimum absolute atomic E-state index is 0.0520. The molecule has 4 rings (SSSR count).